The van der Waals surface area contributed by atoms with Crippen LogP contribution in [0.5, 0.6) is 0 Å². The zero-order chi connectivity index (χ0) is 20.3. The highest BCUT2D eigenvalue weighted by Gasteiger charge is 2.20. The molecule has 0 radical (unpaired) electrons. The Labute approximate surface area is 160 Å². The Hall–Kier alpha value is -2.57. The fourth-order valence-corrected chi connectivity index (χ4v) is 2.34. The van der Waals surface area contributed by atoms with Gasteiger partial charge in [0, 0.05) is 6.42 Å². The lowest BCUT2D eigenvalue weighted by molar-refractivity contribution is -0.450. The molecular weight excluding hydrogens is 348 g/mol. The lowest BCUT2D eigenvalue weighted by atomic mass is 10.1. The Morgan fingerprint density at radius 2 is 1.33 bits per heavy atom. The number of hydrogen-bond acceptors (Lipinski definition) is 5. The van der Waals surface area contributed by atoms with E-state index in [9.17, 15) is 25.0 Å². The van der Waals surface area contributed by atoms with Crippen molar-refractivity contribution in [1.82, 2.24) is 0 Å². The van der Waals surface area contributed by atoms with Crippen LogP contribution in [0, 0.1) is 20.2 Å². The quantitative estimate of drug-likeness (QED) is 0.115. The highest BCUT2D eigenvalue weighted by molar-refractivity contribution is 5.48. The van der Waals surface area contributed by atoms with Crippen molar-refractivity contribution in [2.45, 2.75) is 71.1 Å². The first-order chi connectivity index (χ1) is 13.0. The highest BCUT2D eigenvalue weighted by atomic mass is 16.6. The molecule has 7 nitrogen and oxygen atoms in total. The van der Waals surface area contributed by atoms with Gasteiger partial charge in [-0.2, -0.15) is 0 Å². The Bertz CT molecular complexity index is 577. The van der Waals surface area contributed by atoms with Gasteiger partial charge in [-0.3, -0.25) is 20.2 Å². The number of hydrogen-bond donors (Lipinski definition) is 0. The van der Waals surface area contributed by atoms with Gasteiger partial charge < -0.3 is 4.79 Å². The van der Waals surface area contributed by atoms with Crippen molar-refractivity contribution in [3.05, 3.63) is 68.1 Å². The molecule has 0 bridgehead atoms. The van der Waals surface area contributed by atoms with Crippen molar-refractivity contribution in [3.8, 4) is 0 Å². The van der Waals surface area contributed by atoms with Gasteiger partial charge in [0.15, 0.2) is 0 Å². The van der Waals surface area contributed by atoms with Gasteiger partial charge in [-0.1, -0.05) is 44.1 Å². The summed E-state index contributed by atoms with van der Waals surface area (Å²) in [6.07, 6.45) is 17.8. The molecular formula is C20H30N2O5. The van der Waals surface area contributed by atoms with Crippen LogP contribution in [-0.2, 0) is 4.79 Å². The molecule has 0 saturated heterocycles. The van der Waals surface area contributed by atoms with Crippen molar-refractivity contribution in [2.24, 2.45) is 0 Å². The Balaban J connectivity index is 4.60. The molecule has 0 rings (SSSR count). The summed E-state index contributed by atoms with van der Waals surface area (Å²) in [5.74, 6) is 0. The van der Waals surface area contributed by atoms with Crippen LogP contribution >= 0.6 is 0 Å². The fraction of sp³-hybridized carbons (Fsp3) is 0.550. The molecule has 7 heteroatoms. The molecule has 0 aromatic carbocycles. The van der Waals surface area contributed by atoms with E-state index in [0.717, 1.165) is 44.8 Å². The minimum absolute atomic E-state index is 0.138. The van der Waals surface area contributed by atoms with E-state index in [1.807, 2.05) is 31.2 Å². The molecule has 0 amide bonds. The maximum atomic E-state index is 11.2. The number of aldehydes is 1. The number of nitro groups is 2. The van der Waals surface area contributed by atoms with E-state index in [0.29, 0.717) is 19.3 Å². The van der Waals surface area contributed by atoms with Gasteiger partial charge in [0.1, 0.15) is 12.7 Å². The number of unbranched alkanes of at least 4 members (excludes halogenated alkanes) is 5. The summed E-state index contributed by atoms with van der Waals surface area (Å²) in [7, 11) is 0. The Morgan fingerprint density at radius 3 is 1.93 bits per heavy atom. The van der Waals surface area contributed by atoms with Crippen molar-refractivity contribution in [3.63, 3.8) is 0 Å². The molecule has 0 fully saturated rings. The maximum Gasteiger partial charge on any atom is 0.253 e. The summed E-state index contributed by atoms with van der Waals surface area (Å²) in [5, 5.41) is 22.3. The van der Waals surface area contributed by atoms with Crippen LogP contribution in [0.15, 0.2) is 47.9 Å². The van der Waals surface area contributed by atoms with E-state index in [4.69, 9.17) is 0 Å². The smallest absolute Gasteiger partial charge is 0.253 e. The van der Waals surface area contributed by atoms with E-state index in [-0.39, 0.29) is 17.8 Å². The van der Waals surface area contributed by atoms with Crippen LogP contribution in [0.4, 0.5) is 0 Å². The lowest BCUT2D eigenvalue weighted by Gasteiger charge is -1.99. The highest BCUT2D eigenvalue weighted by Crippen LogP contribution is 2.16. The molecule has 0 aliphatic rings. The molecule has 0 aromatic heterocycles. The first-order valence-corrected chi connectivity index (χ1v) is 9.43. The van der Waals surface area contributed by atoms with E-state index >= 15 is 0 Å². The third kappa shape index (κ3) is 14.3. The predicted octanol–water partition coefficient (Wildman–Crippen LogP) is 5.54. The maximum absolute atomic E-state index is 11.2. The molecule has 0 saturated carbocycles. The predicted molar refractivity (Wildman–Crippen MR) is 106 cm³/mol. The second-order valence-corrected chi connectivity index (χ2v) is 6.06. The van der Waals surface area contributed by atoms with E-state index in [2.05, 4.69) is 0 Å². The molecule has 0 aromatic rings. The molecule has 0 N–H and O–H groups in total. The fourth-order valence-electron chi connectivity index (χ4n) is 2.34. The largest absolute Gasteiger partial charge is 0.303 e. The molecule has 0 unspecified atom stereocenters. The van der Waals surface area contributed by atoms with Crippen LogP contribution in [0.3, 0.4) is 0 Å². The van der Waals surface area contributed by atoms with E-state index in [1.54, 1.807) is 0 Å². The summed E-state index contributed by atoms with van der Waals surface area (Å²) in [5.41, 5.74) is -0.293. The minimum Gasteiger partial charge on any atom is -0.303 e. The van der Waals surface area contributed by atoms with Gasteiger partial charge in [-0.25, -0.2) is 0 Å². The zero-order valence-electron chi connectivity index (χ0n) is 16.0. The molecule has 150 valence electrons. The Kier molecular flexibility index (Phi) is 15.3. The van der Waals surface area contributed by atoms with E-state index < -0.39 is 9.85 Å². The molecule has 0 aliphatic carbocycles. The average molecular weight is 378 g/mol. The molecule has 0 heterocycles. The van der Waals surface area contributed by atoms with Gasteiger partial charge in [0.05, 0.1) is 9.85 Å². The summed E-state index contributed by atoms with van der Waals surface area (Å²) in [6.45, 7) is 2.04. The standard InChI is InChI=1S/C20H30N2O5/c1-2-3-4-5-6-9-12-15-19(21(24)25)18-20(22(26)27)16-13-10-7-8-11-14-17-23/h3-4,6,9,15-17H,2,5,7-8,10-14,18H2,1H3/b4-3-,9-6-,19-15+,20-16+. The van der Waals surface area contributed by atoms with Gasteiger partial charge in [-0.15, -0.1) is 0 Å². The van der Waals surface area contributed by atoms with E-state index in [1.165, 1.54) is 12.2 Å². The molecule has 0 atom stereocenters. The zero-order valence-corrected chi connectivity index (χ0v) is 16.0. The summed E-state index contributed by atoms with van der Waals surface area (Å²) >= 11 is 0. The summed E-state index contributed by atoms with van der Waals surface area (Å²) < 4.78 is 0. The number of carbonyl (C=O) groups is 1. The summed E-state index contributed by atoms with van der Waals surface area (Å²) in [6, 6.07) is 0. The van der Waals surface area contributed by atoms with Crippen LogP contribution in [0.25, 0.3) is 0 Å². The van der Waals surface area contributed by atoms with Crippen LogP contribution < -0.4 is 0 Å². The molecule has 27 heavy (non-hydrogen) atoms. The monoisotopic (exact) mass is 378 g/mol. The normalized spacial score (nSPS) is 12.8. The van der Waals surface area contributed by atoms with Crippen LogP contribution in [0.1, 0.15) is 71.1 Å². The van der Waals surface area contributed by atoms with Gasteiger partial charge in [0.2, 0.25) is 0 Å². The average Bonchev–Trinajstić information content (AvgIpc) is 2.63. The topological polar surface area (TPSA) is 103 Å². The lowest BCUT2D eigenvalue weighted by Crippen LogP contribution is -2.06. The third-order valence-corrected chi connectivity index (χ3v) is 3.82. The number of nitrogens with zero attached hydrogens (tertiary/aromatic N) is 2. The van der Waals surface area contributed by atoms with Crippen LogP contribution in [-0.4, -0.2) is 16.1 Å². The SMILES string of the molecule is CC/C=C\C/C=C\C/C=C(\C/C(=C\CCCCCCC=O)[N+](=O)[O-])[N+](=O)[O-]. The van der Waals surface area contributed by atoms with Crippen molar-refractivity contribution >= 4 is 6.29 Å². The van der Waals surface area contributed by atoms with Gasteiger partial charge >= 0.3 is 0 Å². The second-order valence-electron chi connectivity index (χ2n) is 6.06. The first kappa shape index (κ1) is 24.4. The molecule has 0 spiro atoms. The number of carbonyl (C=O) groups excluding carboxylic acids is 1. The summed E-state index contributed by atoms with van der Waals surface area (Å²) in [4.78, 5) is 31.4. The van der Waals surface area contributed by atoms with Crippen molar-refractivity contribution < 1.29 is 14.6 Å². The number of rotatable bonds is 16. The van der Waals surface area contributed by atoms with Gasteiger partial charge in [0.25, 0.3) is 11.4 Å². The first-order valence-electron chi connectivity index (χ1n) is 9.43. The van der Waals surface area contributed by atoms with Crippen molar-refractivity contribution in [1.29, 1.82) is 0 Å². The molecule has 0 aliphatic heterocycles. The second kappa shape index (κ2) is 16.9. The minimum atomic E-state index is -0.554. The van der Waals surface area contributed by atoms with Gasteiger partial charge in [-0.05, 0) is 50.7 Å². The van der Waals surface area contributed by atoms with Crippen molar-refractivity contribution in [2.75, 3.05) is 0 Å². The third-order valence-electron chi connectivity index (χ3n) is 3.82. The Morgan fingerprint density at radius 1 is 0.778 bits per heavy atom. The number of allylic oxidation sites excluding steroid dienone is 6. The van der Waals surface area contributed by atoms with Crippen LogP contribution in [0.2, 0.25) is 0 Å².